The van der Waals surface area contributed by atoms with E-state index in [0.717, 1.165) is 44.9 Å². The first-order chi connectivity index (χ1) is 17.8. The van der Waals surface area contributed by atoms with Crippen LogP contribution in [0.1, 0.15) is 99.3 Å². The Morgan fingerprint density at radius 2 is 1.14 bits per heavy atom. The first-order valence-electron chi connectivity index (χ1n) is 14.8. The number of hydrogen-bond acceptors (Lipinski definition) is 4. The van der Waals surface area contributed by atoms with E-state index >= 15 is 0 Å². The fourth-order valence-corrected chi connectivity index (χ4v) is 7.74. The van der Waals surface area contributed by atoms with E-state index in [0.29, 0.717) is 24.0 Å². The van der Waals surface area contributed by atoms with Crippen LogP contribution in [0.4, 0.5) is 0 Å². The highest BCUT2D eigenvalue weighted by atomic mass is 16.6. The molecule has 4 nitrogen and oxygen atoms in total. The molecule has 0 radical (unpaired) electrons. The van der Waals surface area contributed by atoms with Gasteiger partial charge in [0.05, 0.1) is 11.1 Å². The SMILES string of the molecule is CCC1=CC=CC(CC)(OC(=O)C2=C(C(=O)OC3(CC)C=CC=C(CC)C3CC)C3CCC2C3)C1CC. The van der Waals surface area contributed by atoms with Crippen molar-refractivity contribution >= 4 is 11.9 Å². The second kappa shape index (κ2) is 11.2. The van der Waals surface area contributed by atoms with Crippen LogP contribution < -0.4 is 0 Å². The number of rotatable bonds is 10. The molecule has 1 fully saturated rings. The molecule has 0 spiro atoms. The number of hydrogen-bond donors (Lipinski definition) is 0. The Bertz CT molecular complexity index is 974. The van der Waals surface area contributed by atoms with Crippen molar-refractivity contribution in [1.29, 1.82) is 0 Å². The summed E-state index contributed by atoms with van der Waals surface area (Å²) in [6.07, 6.45) is 20.4. The van der Waals surface area contributed by atoms with Crippen molar-refractivity contribution < 1.29 is 19.1 Å². The minimum atomic E-state index is -0.666. The molecule has 4 heteroatoms. The molecule has 4 aliphatic carbocycles. The molecule has 0 aromatic carbocycles. The summed E-state index contributed by atoms with van der Waals surface area (Å²) >= 11 is 0. The number of ether oxygens (including phenoxy) is 2. The van der Waals surface area contributed by atoms with Crippen LogP contribution in [0.2, 0.25) is 0 Å². The lowest BCUT2D eigenvalue weighted by Crippen LogP contribution is -2.44. The van der Waals surface area contributed by atoms with Gasteiger partial charge in [0.15, 0.2) is 0 Å². The van der Waals surface area contributed by atoms with E-state index in [1.807, 2.05) is 12.2 Å². The summed E-state index contributed by atoms with van der Waals surface area (Å²) < 4.78 is 12.9. The number of esters is 2. The lowest BCUT2D eigenvalue weighted by atomic mass is 9.74. The summed E-state index contributed by atoms with van der Waals surface area (Å²) in [6.45, 7) is 12.8. The molecule has 2 bridgehead atoms. The van der Waals surface area contributed by atoms with Gasteiger partial charge in [0.2, 0.25) is 0 Å². The van der Waals surface area contributed by atoms with Gasteiger partial charge in [-0.15, -0.1) is 0 Å². The molecule has 4 rings (SSSR count). The molecule has 0 aromatic heterocycles. The molecule has 0 heterocycles. The molecule has 6 unspecified atom stereocenters. The third-order valence-electron chi connectivity index (χ3n) is 9.73. The van der Waals surface area contributed by atoms with Gasteiger partial charge in [-0.25, -0.2) is 9.59 Å². The van der Waals surface area contributed by atoms with Crippen molar-refractivity contribution in [1.82, 2.24) is 0 Å². The number of carbonyl (C=O) groups is 2. The maximum atomic E-state index is 13.9. The third kappa shape index (κ3) is 4.70. The number of fused-ring (bicyclic) bond motifs is 2. The molecular formula is C33H46O4. The Labute approximate surface area is 223 Å². The first kappa shape index (κ1) is 27.7. The van der Waals surface area contributed by atoms with E-state index in [1.54, 1.807) is 0 Å². The zero-order valence-electron chi connectivity index (χ0n) is 23.8. The highest BCUT2D eigenvalue weighted by Gasteiger charge is 2.50. The average molecular weight is 507 g/mol. The smallest absolute Gasteiger partial charge is 0.335 e. The van der Waals surface area contributed by atoms with Gasteiger partial charge in [-0.3, -0.25) is 0 Å². The first-order valence-corrected chi connectivity index (χ1v) is 14.8. The van der Waals surface area contributed by atoms with Gasteiger partial charge in [-0.05, 0) is 81.8 Å². The molecule has 0 N–H and O–H groups in total. The van der Waals surface area contributed by atoms with Gasteiger partial charge in [-0.2, -0.15) is 0 Å². The Hall–Kier alpha value is -2.36. The highest BCUT2D eigenvalue weighted by molar-refractivity contribution is 6.03. The Morgan fingerprint density at radius 3 is 1.46 bits per heavy atom. The van der Waals surface area contributed by atoms with Gasteiger partial charge >= 0.3 is 11.9 Å². The highest BCUT2D eigenvalue weighted by Crippen LogP contribution is 2.51. The second-order valence-corrected chi connectivity index (χ2v) is 11.3. The molecule has 0 aromatic rings. The van der Waals surface area contributed by atoms with Crippen LogP contribution in [0.25, 0.3) is 0 Å². The average Bonchev–Trinajstić information content (AvgIpc) is 3.54. The molecule has 0 aliphatic heterocycles. The topological polar surface area (TPSA) is 52.6 Å². The summed E-state index contributed by atoms with van der Waals surface area (Å²) in [4.78, 5) is 27.9. The predicted molar refractivity (Wildman–Crippen MR) is 149 cm³/mol. The minimum absolute atomic E-state index is 0.0929. The van der Waals surface area contributed by atoms with Crippen molar-refractivity contribution in [3.05, 3.63) is 58.7 Å². The van der Waals surface area contributed by atoms with Crippen LogP contribution in [0.3, 0.4) is 0 Å². The fourth-order valence-electron chi connectivity index (χ4n) is 7.74. The Balaban J connectivity index is 1.66. The molecule has 1 saturated carbocycles. The second-order valence-electron chi connectivity index (χ2n) is 11.3. The van der Waals surface area contributed by atoms with E-state index in [1.165, 1.54) is 11.1 Å². The van der Waals surface area contributed by atoms with Crippen molar-refractivity contribution in [3.8, 4) is 0 Å². The molecule has 202 valence electrons. The van der Waals surface area contributed by atoms with Gasteiger partial charge in [0, 0.05) is 11.8 Å². The van der Waals surface area contributed by atoms with E-state index in [-0.39, 0.29) is 35.6 Å². The summed E-state index contributed by atoms with van der Waals surface area (Å²) in [6, 6.07) is 0. The van der Waals surface area contributed by atoms with E-state index < -0.39 is 11.2 Å². The molecule has 0 amide bonds. The zero-order valence-corrected chi connectivity index (χ0v) is 23.8. The molecular weight excluding hydrogens is 460 g/mol. The van der Waals surface area contributed by atoms with Gasteiger partial charge in [-0.1, -0.05) is 77.0 Å². The van der Waals surface area contributed by atoms with Crippen LogP contribution in [0.5, 0.6) is 0 Å². The van der Waals surface area contributed by atoms with Gasteiger partial charge in [0.25, 0.3) is 0 Å². The van der Waals surface area contributed by atoms with Gasteiger partial charge < -0.3 is 9.47 Å². The normalized spacial score (nSPS) is 34.4. The molecule has 37 heavy (non-hydrogen) atoms. The van der Waals surface area contributed by atoms with Crippen molar-refractivity contribution in [2.75, 3.05) is 0 Å². The van der Waals surface area contributed by atoms with Crippen molar-refractivity contribution in [2.24, 2.45) is 23.7 Å². The van der Waals surface area contributed by atoms with Gasteiger partial charge in [0.1, 0.15) is 11.2 Å². The van der Waals surface area contributed by atoms with Crippen LogP contribution in [-0.2, 0) is 19.1 Å². The zero-order chi connectivity index (χ0) is 26.8. The van der Waals surface area contributed by atoms with Crippen LogP contribution in [0, 0.1) is 23.7 Å². The summed E-state index contributed by atoms with van der Waals surface area (Å²) in [5, 5.41) is 0. The fraction of sp³-hybridized carbons (Fsp3) is 0.636. The summed E-state index contributed by atoms with van der Waals surface area (Å²) in [5.74, 6) is -0.122. The van der Waals surface area contributed by atoms with Crippen molar-refractivity contribution in [3.63, 3.8) is 0 Å². The van der Waals surface area contributed by atoms with Crippen LogP contribution in [0.15, 0.2) is 58.7 Å². The maximum Gasteiger partial charge on any atom is 0.335 e. The summed E-state index contributed by atoms with van der Waals surface area (Å²) in [5.41, 5.74) is 2.49. The van der Waals surface area contributed by atoms with Crippen LogP contribution >= 0.6 is 0 Å². The van der Waals surface area contributed by atoms with E-state index in [9.17, 15) is 9.59 Å². The Morgan fingerprint density at radius 1 is 0.730 bits per heavy atom. The predicted octanol–water partition coefficient (Wildman–Crippen LogP) is 7.96. The quantitative estimate of drug-likeness (QED) is 0.282. The van der Waals surface area contributed by atoms with E-state index in [4.69, 9.17) is 9.47 Å². The monoisotopic (exact) mass is 506 g/mol. The summed E-state index contributed by atoms with van der Waals surface area (Å²) in [7, 11) is 0. The lowest BCUT2D eigenvalue weighted by molar-refractivity contribution is -0.159. The maximum absolute atomic E-state index is 13.9. The lowest BCUT2D eigenvalue weighted by Gasteiger charge is -2.41. The number of allylic oxidation sites excluding steroid dienone is 4. The number of carbonyl (C=O) groups excluding carboxylic acids is 2. The van der Waals surface area contributed by atoms with Crippen LogP contribution in [-0.4, -0.2) is 23.1 Å². The molecule has 4 aliphatic rings. The third-order valence-corrected chi connectivity index (χ3v) is 9.73. The standard InChI is InChI=1S/C33H46O4/c1-7-22-15-13-19-32(11-5,26(22)9-3)36-30(34)28-24-17-18-25(21-24)29(28)31(35)37-33(12-6)20-14-16-23(8-2)27(33)10-4/h13-16,19-20,24-27H,7-12,17-18,21H2,1-6H3. The van der Waals surface area contributed by atoms with E-state index in [2.05, 4.69) is 65.8 Å². The van der Waals surface area contributed by atoms with Crippen molar-refractivity contribution in [2.45, 2.75) is 111 Å². The minimum Gasteiger partial charge on any atom is -0.451 e. The molecule has 0 saturated heterocycles. The molecule has 6 atom stereocenters. The Kier molecular flexibility index (Phi) is 8.35. The largest absolute Gasteiger partial charge is 0.451 e.